The first-order valence-electron chi connectivity index (χ1n) is 5.05. The maximum Gasteiger partial charge on any atom is 0.0636 e. The third-order valence-corrected chi connectivity index (χ3v) is 2.39. The fraction of sp³-hybridized carbons (Fsp3) is 0.500. The van der Waals surface area contributed by atoms with Gasteiger partial charge in [-0.15, -0.1) is 0 Å². The molecule has 0 saturated carbocycles. The van der Waals surface area contributed by atoms with Crippen molar-refractivity contribution < 1.29 is 5.11 Å². The zero-order valence-corrected chi connectivity index (χ0v) is 9.17. The van der Waals surface area contributed by atoms with Gasteiger partial charge in [-0.2, -0.15) is 0 Å². The van der Waals surface area contributed by atoms with Crippen LogP contribution >= 0.6 is 0 Å². The summed E-state index contributed by atoms with van der Waals surface area (Å²) in [6, 6.07) is 6.31. The van der Waals surface area contributed by atoms with Crippen LogP contribution in [0.3, 0.4) is 0 Å². The Hall–Kier alpha value is -0.860. The van der Waals surface area contributed by atoms with E-state index in [1.807, 2.05) is 0 Å². The largest absolute Gasteiger partial charge is 0.392 e. The molecule has 1 aromatic carbocycles. The molecular weight excluding hydrogens is 174 g/mol. The molecule has 2 nitrogen and oxygen atoms in total. The molecular formula is C12H19NO. The fourth-order valence-corrected chi connectivity index (χ4v) is 1.53. The van der Waals surface area contributed by atoms with Gasteiger partial charge >= 0.3 is 0 Å². The van der Waals surface area contributed by atoms with Crippen molar-refractivity contribution in [3.05, 3.63) is 34.9 Å². The lowest BCUT2D eigenvalue weighted by molar-refractivity contribution is 0.191. The van der Waals surface area contributed by atoms with E-state index in [1.165, 1.54) is 16.7 Å². The van der Waals surface area contributed by atoms with E-state index in [2.05, 4.69) is 37.4 Å². The number of benzene rings is 1. The highest BCUT2D eigenvalue weighted by Crippen LogP contribution is 2.12. The molecule has 14 heavy (non-hydrogen) atoms. The molecule has 2 N–H and O–H groups in total. The summed E-state index contributed by atoms with van der Waals surface area (Å²) in [5, 5.41) is 12.3. The van der Waals surface area contributed by atoms with Gasteiger partial charge in [0, 0.05) is 13.1 Å². The lowest BCUT2D eigenvalue weighted by Gasteiger charge is -2.11. The average molecular weight is 193 g/mol. The first-order valence-corrected chi connectivity index (χ1v) is 5.05. The molecule has 0 unspecified atom stereocenters. The predicted molar refractivity (Wildman–Crippen MR) is 59.3 cm³/mol. The van der Waals surface area contributed by atoms with Gasteiger partial charge in [-0.3, -0.25) is 0 Å². The third-order valence-electron chi connectivity index (χ3n) is 2.39. The zero-order valence-electron chi connectivity index (χ0n) is 9.17. The molecule has 78 valence electrons. The Labute approximate surface area is 86.0 Å². The second kappa shape index (κ2) is 5.13. The van der Waals surface area contributed by atoms with Gasteiger partial charge in [-0.05, 0) is 37.5 Å². The standard InChI is InChI=1S/C12H19NO/c1-9-5-4-6-10(2)12(9)8-13-7-11(3)14/h4-6,11,13-14H,7-8H2,1-3H3/t11-/m1/s1. The highest BCUT2D eigenvalue weighted by molar-refractivity contribution is 5.33. The van der Waals surface area contributed by atoms with Crippen molar-refractivity contribution in [2.75, 3.05) is 6.54 Å². The van der Waals surface area contributed by atoms with Crippen molar-refractivity contribution in [2.45, 2.75) is 33.4 Å². The summed E-state index contributed by atoms with van der Waals surface area (Å²) < 4.78 is 0. The van der Waals surface area contributed by atoms with Crippen LogP contribution in [-0.4, -0.2) is 17.8 Å². The first-order chi connectivity index (χ1) is 6.61. The Kier molecular flexibility index (Phi) is 4.11. The number of hydrogen-bond acceptors (Lipinski definition) is 2. The molecule has 0 amide bonds. The summed E-state index contributed by atoms with van der Waals surface area (Å²) in [5.41, 5.74) is 3.96. The number of aryl methyl sites for hydroxylation is 2. The molecule has 2 heteroatoms. The maximum absolute atomic E-state index is 9.11. The van der Waals surface area contributed by atoms with Crippen molar-refractivity contribution >= 4 is 0 Å². The van der Waals surface area contributed by atoms with Crippen molar-refractivity contribution in [3.63, 3.8) is 0 Å². The SMILES string of the molecule is Cc1cccc(C)c1CNC[C@@H](C)O. The summed E-state index contributed by atoms with van der Waals surface area (Å²) in [6.45, 7) is 7.51. The number of rotatable bonds is 4. The number of aliphatic hydroxyl groups excluding tert-OH is 1. The molecule has 0 fully saturated rings. The summed E-state index contributed by atoms with van der Waals surface area (Å²) in [5.74, 6) is 0. The molecule has 1 aromatic rings. The van der Waals surface area contributed by atoms with Crippen LogP contribution in [-0.2, 0) is 6.54 Å². The molecule has 0 bridgehead atoms. The van der Waals surface area contributed by atoms with Crippen molar-refractivity contribution in [1.29, 1.82) is 0 Å². The molecule has 0 heterocycles. The quantitative estimate of drug-likeness (QED) is 0.764. The van der Waals surface area contributed by atoms with Crippen LogP contribution in [0.4, 0.5) is 0 Å². The van der Waals surface area contributed by atoms with Gasteiger partial charge in [0.15, 0.2) is 0 Å². The number of aliphatic hydroxyl groups is 1. The minimum atomic E-state index is -0.278. The predicted octanol–water partition coefficient (Wildman–Crippen LogP) is 1.77. The van der Waals surface area contributed by atoms with Crippen molar-refractivity contribution in [2.24, 2.45) is 0 Å². The number of nitrogens with one attached hydrogen (secondary N) is 1. The van der Waals surface area contributed by atoms with Crippen LogP contribution in [0.5, 0.6) is 0 Å². The average Bonchev–Trinajstić information content (AvgIpc) is 2.09. The zero-order chi connectivity index (χ0) is 10.6. The van der Waals surface area contributed by atoms with E-state index in [-0.39, 0.29) is 6.10 Å². The highest BCUT2D eigenvalue weighted by atomic mass is 16.3. The van der Waals surface area contributed by atoms with Gasteiger partial charge in [-0.1, -0.05) is 18.2 Å². The van der Waals surface area contributed by atoms with Crippen LogP contribution < -0.4 is 5.32 Å². The Bertz CT molecular complexity index is 274. The molecule has 0 aliphatic carbocycles. The van der Waals surface area contributed by atoms with E-state index < -0.39 is 0 Å². The Balaban J connectivity index is 2.58. The normalized spacial score (nSPS) is 12.9. The molecule has 0 spiro atoms. The van der Waals surface area contributed by atoms with Crippen molar-refractivity contribution in [1.82, 2.24) is 5.32 Å². The topological polar surface area (TPSA) is 32.3 Å². The van der Waals surface area contributed by atoms with E-state index in [0.717, 1.165) is 6.54 Å². The Morgan fingerprint density at radius 1 is 1.29 bits per heavy atom. The summed E-state index contributed by atoms with van der Waals surface area (Å²) in [6.07, 6.45) is -0.278. The van der Waals surface area contributed by atoms with E-state index >= 15 is 0 Å². The van der Waals surface area contributed by atoms with Gasteiger partial charge in [-0.25, -0.2) is 0 Å². The summed E-state index contributed by atoms with van der Waals surface area (Å²) in [7, 11) is 0. The monoisotopic (exact) mass is 193 g/mol. The van der Waals surface area contributed by atoms with Gasteiger partial charge in [0.1, 0.15) is 0 Å². The molecule has 1 rings (SSSR count). The van der Waals surface area contributed by atoms with Crippen LogP contribution in [0.1, 0.15) is 23.6 Å². The Morgan fingerprint density at radius 2 is 1.86 bits per heavy atom. The Morgan fingerprint density at radius 3 is 2.36 bits per heavy atom. The molecule has 0 radical (unpaired) electrons. The van der Waals surface area contributed by atoms with E-state index in [4.69, 9.17) is 5.11 Å². The molecule has 0 aliphatic rings. The van der Waals surface area contributed by atoms with Crippen LogP contribution in [0.2, 0.25) is 0 Å². The first kappa shape index (κ1) is 11.2. The second-order valence-corrected chi connectivity index (χ2v) is 3.85. The summed E-state index contributed by atoms with van der Waals surface area (Å²) in [4.78, 5) is 0. The third kappa shape index (κ3) is 3.13. The molecule has 0 aromatic heterocycles. The maximum atomic E-state index is 9.11. The van der Waals surface area contributed by atoms with Gasteiger partial charge < -0.3 is 10.4 Å². The van der Waals surface area contributed by atoms with Crippen LogP contribution in [0.25, 0.3) is 0 Å². The lowest BCUT2D eigenvalue weighted by Crippen LogP contribution is -2.24. The van der Waals surface area contributed by atoms with E-state index in [9.17, 15) is 0 Å². The highest BCUT2D eigenvalue weighted by Gasteiger charge is 2.01. The molecule has 0 saturated heterocycles. The van der Waals surface area contributed by atoms with Gasteiger partial charge in [0.25, 0.3) is 0 Å². The molecule has 0 aliphatic heterocycles. The smallest absolute Gasteiger partial charge is 0.0636 e. The van der Waals surface area contributed by atoms with Crippen molar-refractivity contribution in [3.8, 4) is 0 Å². The van der Waals surface area contributed by atoms with E-state index in [1.54, 1.807) is 6.92 Å². The second-order valence-electron chi connectivity index (χ2n) is 3.85. The summed E-state index contributed by atoms with van der Waals surface area (Å²) >= 11 is 0. The molecule has 1 atom stereocenters. The van der Waals surface area contributed by atoms with Gasteiger partial charge in [0.2, 0.25) is 0 Å². The van der Waals surface area contributed by atoms with Gasteiger partial charge in [0.05, 0.1) is 6.10 Å². The number of hydrogen-bond donors (Lipinski definition) is 2. The fourth-order valence-electron chi connectivity index (χ4n) is 1.53. The van der Waals surface area contributed by atoms with E-state index in [0.29, 0.717) is 6.54 Å². The lowest BCUT2D eigenvalue weighted by atomic mass is 10.0. The minimum absolute atomic E-state index is 0.278. The van der Waals surface area contributed by atoms with Crippen LogP contribution in [0.15, 0.2) is 18.2 Å². The van der Waals surface area contributed by atoms with Crippen LogP contribution in [0, 0.1) is 13.8 Å². The minimum Gasteiger partial charge on any atom is -0.392 e.